The van der Waals surface area contributed by atoms with Crippen molar-refractivity contribution in [1.29, 1.82) is 0 Å². The first kappa shape index (κ1) is 22.2. The summed E-state index contributed by atoms with van der Waals surface area (Å²) in [6.45, 7) is 9.92. The molecule has 30 heavy (non-hydrogen) atoms. The fourth-order valence-electron chi connectivity index (χ4n) is 3.80. The lowest BCUT2D eigenvalue weighted by atomic mass is 9.91. The van der Waals surface area contributed by atoms with Crippen LogP contribution in [0.5, 0.6) is 0 Å². The Balaban J connectivity index is 1.62. The summed E-state index contributed by atoms with van der Waals surface area (Å²) in [6.07, 6.45) is 1.27. The van der Waals surface area contributed by atoms with Crippen molar-refractivity contribution in [3.63, 3.8) is 0 Å². The molecule has 7 heteroatoms. The normalized spacial score (nSPS) is 19.6. The number of carbonyl (C=O) groups excluding carboxylic acids is 1. The lowest BCUT2D eigenvalue weighted by Crippen LogP contribution is -2.38. The van der Waals surface area contributed by atoms with Gasteiger partial charge in [0.25, 0.3) is 5.91 Å². The van der Waals surface area contributed by atoms with E-state index in [-0.39, 0.29) is 5.91 Å². The molecular formula is C23H31N3O3S. The molecule has 2 N–H and O–H groups in total. The Kier molecular flexibility index (Phi) is 6.71. The number of hydrogen-bond donors (Lipinski definition) is 2. The van der Waals surface area contributed by atoms with Crippen molar-refractivity contribution in [2.24, 2.45) is 11.8 Å². The van der Waals surface area contributed by atoms with Crippen molar-refractivity contribution in [2.75, 3.05) is 28.0 Å². The predicted octanol–water partition coefficient (Wildman–Crippen LogP) is 4.57. The van der Waals surface area contributed by atoms with Gasteiger partial charge in [0.15, 0.2) is 0 Å². The minimum Gasteiger partial charge on any atom is -0.371 e. The highest BCUT2D eigenvalue weighted by molar-refractivity contribution is 7.93. The highest BCUT2D eigenvalue weighted by atomic mass is 32.2. The Hall–Kier alpha value is -2.54. The summed E-state index contributed by atoms with van der Waals surface area (Å²) >= 11 is 0. The maximum atomic E-state index is 12.5. The quantitative estimate of drug-likeness (QED) is 0.705. The van der Waals surface area contributed by atoms with Gasteiger partial charge in [0, 0.05) is 35.7 Å². The minimum atomic E-state index is -3.41. The number of piperidine rings is 1. The van der Waals surface area contributed by atoms with Gasteiger partial charge in [-0.2, -0.15) is 0 Å². The van der Waals surface area contributed by atoms with Crippen LogP contribution in [0.15, 0.2) is 48.5 Å². The maximum Gasteiger partial charge on any atom is 0.255 e. The molecular weight excluding hydrogens is 398 g/mol. The third kappa shape index (κ3) is 5.53. The molecule has 1 fully saturated rings. The van der Waals surface area contributed by atoms with Crippen molar-refractivity contribution in [3.8, 4) is 0 Å². The SMILES string of the molecule is CC(C)S(=O)(=O)Nc1ccc(C(=O)Nc2ccc(N3C[C@H](C)C[C@H](C)C3)cc2)cc1. The van der Waals surface area contributed by atoms with Gasteiger partial charge in [-0.25, -0.2) is 8.42 Å². The Labute approximate surface area is 179 Å². The monoisotopic (exact) mass is 429 g/mol. The van der Waals surface area contributed by atoms with Crippen LogP contribution in [0.3, 0.4) is 0 Å². The third-order valence-corrected chi connectivity index (χ3v) is 7.15. The fourth-order valence-corrected chi connectivity index (χ4v) is 4.50. The largest absolute Gasteiger partial charge is 0.371 e. The molecule has 3 rings (SSSR count). The number of sulfonamides is 1. The molecule has 6 nitrogen and oxygen atoms in total. The molecule has 0 unspecified atom stereocenters. The summed E-state index contributed by atoms with van der Waals surface area (Å²) in [5, 5.41) is 2.37. The molecule has 2 aromatic rings. The lowest BCUT2D eigenvalue weighted by molar-refractivity contribution is 0.102. The second-order valence-electron chi connectivity index (χ2n) is 8.63. The van der Waals surface area contributed by atoms with Crippen LogP contribution in [0.4, 0.5) is 17.1 Å². The summed E-state index contributed by atoms with van der Waals surface area (Å²) in [4.78, 5) is 14.9. The third-order valence-electron chi connectivity index (χ3n) is 5.39. The van der Waals surface area contributed by atoms with E-state index < -0.39 is 15.3 Å². The first-order valence-corrected chi connectivity index (χ1v) is 12.0. The van der Waals surface area contributed by atoms with Gasteiger partial charge >= 0.3 is 0 Å². The van der Waals surface area contributed by atoms with Crippen LogP contribution in [-0.2, 0) is 10.0 Å². The number of nitrogens with one attached hydrogen (secondary N) is 2. The van der Waals surface area contributed by atoms with E-state index in [0.717, 1.165) is 18.8 Å². The van der Waals surface area contributed by atoms with Crippen molar-refractivity contribution in [2.45, 2.75) is 39.4 Å². The summed E-state index contributed by atoms with van der Waals surface area (Å²) in [7, 11) is -3.41. The molecule has 1 saturated heterocycles. The van der Waals surface area contributed by atoms with Gasteiger partial charge in [0.1, 0.15) is 0 Å². The fraction of sp³-hybridized carbons (Fsp3) is 0.435. The van der Waals surface area contributed by atoms with Gasteiger partial charge in [0.2, 0.25) is 10.0 Å². The molecule has 2 aromatic carbocycles. The van der Waals surface area contributed by atoms with Gasteiger partial charge in [-0.05, 0) is 80.6 Å². The average Bonchev–Trinajstić information content (AvgIpc) is 2.68. The number of anilines is 3. The van der Waals surface area contributed by atoms with E-state index in [9.17, 15) is 13.2 Å². The second-order valence-corrected chi connectivity index (χ2v) is 10.9. The number of nitrogens with zero attached hydrogens (tertiary/aromatic N) is 1. The summed E-state index contributed by atoms with van der Waals surface area (Å²) in [5.41, 5.74) is 2.81. The summed E-state index contributed by atoms with van der Waals surface area (Å²) in [5.74, 6) is 1.13. The van der Waals surface area contributed by atoms with Crippen LogP contribution in [0, 0.1) is 11.8 Å². The van der Waals surface area contributed by atoms with Crippen LogP contribution in [0.25, 0.3) is 0 Å². The lowest BCUT2D eigenvalue weighted by Gasteiger charge is -2.36. The van der Waals surface area contributed by atoms with Crippen molar-refractivity contribution >= 4 is 33.0 Å². The molecule has 1 aliphatic rings. The van der Waals surface area contributed by atoms with Crippen LogP contribution in [-0.4, -0.2) is 32.7 Å². The van der Waals surface area contributed by atoms with E-state index in [1.807, 2.05) is 24.3 Å². The molecule has 2 atom stereocenters. The van der Waals surface area contributed by atoms with Crippen LogP contribution < -0.4 is 14.9 Å². The first-order valence-electron chi connectivity index (χ1n) is 10.4. The van der Waals surface area contributed by atoms with Gasteiger partial charge in [-0.15, -0.1) is 0 Å². The van der Waals surface area contributed by atoms with E-state index in [4.69, 9.17) is 0 Å². The van der Waals surface area contributed by atoms with E-state index in [1.54, 1.807) is 38.1 Å². The van der Waals surface area contributed by atoms with Crippen molar-refractivity contribution in [3.05, 3.63) is 54.1 Å². The Morgan fingerprint density at radius 2 is 1.47 bits per heavy atom. The first-order chi connectivity index (χ1) is 14.1. The topological polar surface area (TPSA) is 78.5 Å². The Morgan fingerprint density at radius 3 is 2.00 bits per heavy atom. The number of rotatable bonds is 6. The molecule has 0 aromatic heterocycles. The van der Waals surface area contributed by atoms with Crippen LogP contribution in [0.2, 0.25) is 0 Å². The number of amides is 1. The van der Waals surface area contributed by atoms with Gasteiger partial charge < -0.3 is 10.2 Å². The Morgan fingerprint density at radius 1 is 0.933 bits per heavy atom. The smallest absolute Gasteiger partial charge is 0.255 e. The molecule has 1 amide bonds. The summed E-state index contributed by atoms with van der Waals surface area (Å²) < 4.78 is 26.4. The van der Waals surface area contributed by atoms with Gasteiger partial charge in [-0.3, -0.25) is 9.52 Å². The predicted molar refractivity (Wildman–Crippen MR) is 124 cm³/mol. The number of carbonyl (C=O) groups is 1. The molecule has 0 saturated carbocycles. The van der Waals surface area contributed by atoms with Crippen molar-refractivity contribution < 1.29 is 13.2 Å². The Bertz CT molecular complexity index is 960. The standard InChI is InChI=1S/C23H31N3O3S/c1-16(2)30(28,29)25-21-7-5-19(6-8-21)23(27)24-20-9-11-22(12-10-20)26-14-17(3)13-18(4)15-26/h5-12,16-18,25H,13-15H2,1-4H3,(H,24,27)/t17-,18+. The molecule has 0 bridgehead atoms. The average molecular weight is 430 g/mol. The van der Waals surface area contributed by atoms with E-state index in [2.05, 4.69) is 28.8 Å². The van der Waals surface area contributed by atoms with Crippen molar-refractivity contribution in [1.82, 2.24) is 0 Å². The highest BCUT2D eigenvalue weighted by Crippen LogP contribution is 2.27. The van der Waals surface area contributed by atoms with Crippen LogP contribution in [0.1, 0.15) is 44.5 Å². The number of benzene rings is 2. The van der Waals surface area contributed by atoms with E-state index in [1.165, 1.54) is 12.1 Å². The molecule has 0 spiro atoms. The molecule has 162 valence electrons. The van der Waals surface area contributed by atoms with E-state index >= 15 is 0 Å². The number of hydrogen-bond acceptors (Lipinski definition) is 4. The molecule has 1 aliphatic heterocycles. The molecule has 1 heterocycles. The zero-order valence-corrected chi connectivity index (χ0v) is 18.9. The van der Waals surface area contributed by atoms with E-state index in [0.29, 0.717) is 23.1 Å². The molecule has 0 radical (unpaired) electrons. The molecule has 0 aliphatic carbocycles. The zero-order chi connectivity index (χ0) is 21.9. The minimum absolute atomic E-state index is 0.235. The summed E-state index contributed by atoms with van der Waals surface area (Å²) in [6, 6.07) is 14.3. The highest BCUT2D eigenvalue weighted by Gasteiger charge is 2.22. The van der Waals surface area contributed by atoms with Crippen LogP contribution >= 0.6 is 0 Å². The maximum absolute atomic E-state index is 12.5. The zero-order valence-electron chi connectivity index (χ0n) is 18.1. The van der Waals surface area contributed by atoms with Gasteiger partial charge in [-0.1, -0.05) is 13.8 Å². The van der Waals surface area contributed by atoms with Gasteiger partial charge in [0.05, 0.1) is 5.25 Å². The second kappa shape index (κ2) is 9.08.